The first-order valence-electron chi connectivity index (χ1n) is 3.72. The zero-order valence-electron chi connectivity index (χ0n) is 7.27. The highest BCUT2D eigenvalue weighted by Crippen LogP contribution is 2.48. The monoisotopic (exact) mass is 184 g/mol. The highest BCUT2D eigenvalue weighted by Gasteiger charge is 2.19. The predicted octanol–water partition coefficient (Wildman–Crippen LogP) is 1.66. The number of pyridine rings is 1. The molecule has 0 aliphatic carbocycles. The standard InChI is InChI=1S/C8H13N2OP/c1-12(2,11)8(9)7-4-3-5-10-6-7/h3-6,8H,9H2,1-2H3/t8-/m1/s1. The van der Waals surface area contributed by atoms with Gasteiger partial charge in [-0.1, -0.05) is 6.07 Å². The van der Waals surface area contributed by atoms with Crippen LogP contribution in [0.5, 0.6) is 0 Å². The van der Waals surface area contributed by atoms with E-state index in [-0.39, 0.29) is 5.78 Å². The van der Waals surface area contributed by atoms with E-state index in [9.17, 15) is 4.57 Å². The molecule has 0 saturated carbocycles. The minimum Gasteiger partial charge on any atom is -0.322 e. The summed E-state index contributed by atoms with van der Waals surface area (Å²) in [7, 11) is -2.24. The number of rotatable bonds is 2. The summed E-state index contributed by atoms with van der Waals surface area (Å²) in [6, 6.07) is 3.64. The van der Waals surface area contributed by atoms with E-state index in [1.807, 2.05) is 6.07 Å². The molecular formula is C8H13N2OP. The molecule has 0 fully saturated rings. The van der Waals surface area contributed by atoms with Gasteiger partial charge in [-0.25, -0.2) is 0 Å². The summed E-state index contributed by atoms with van der Waals surface area (Å²) in [6.45, 7) is 3.37. The molecule has 0 aromatic carbocycles. The van der Waals surface area contributed by atoms with Gasteiger partial charge in [0.1, 0.15) is 7.14 Å². The molecule has 1 atom stereocenters. The van der Waals surface area contributed by atoms with E-state index in [2.05, 4.69) is 4.98 Å². The minimum atomic E-state index is -2.24. The van der Waals surface area contributed by atoms with Crippen LogP contribution in [0.15, 0.2) is 24.5 Å². The van der Waals surface area contributed by atoms with Gasteiger partial charge in [-0.2, -0.15) is 0 Å². The SMILES string of the molecule is CP(C)(=O)[C@@H](N)c1cccnc1. The van der Waals surface area contributed by atoms with E-state index in [4.69, 9.17) is 5.73 Å². The van der Waals surface area contributed by atoms with E-state index in [0.717, 1.165) is 5.56 Å². The van der Waals surface area contributed by atoms with Crippen molar-refractivity contribution < 1.29 is 4.57 Å². The van der Waals surface area contributed by atoms with Crippen molar-refractivity contribution in [3.8, 4) is 0 Å². The number of hydrogen-bond donors (Lipinski definition) is 1. The lowest BCUT2D eigenvalue weighted by Gasteiger charge is -2.15. The molecule has 0 aliphatic heterocycles. The molecule has 66 valence electrons. The molecule has 0 amide bonds. The van der Waals surface area contributed by atoms with Crippen molar-refractivity contribution in [3.63, 3.8) is 0 Å². The van der Waals surface area contributed by atoms with Crippen molar-refractivity contribution in [2.45, 2.75) is 5.78 Å². The second-order valence-corrected chi connectivity index (χ2v) is 6.59. The lowest BCUT2D eigenvalue weighted by atomic mass is 10.3. The van der Waals surface area contributed by atoms with Crippen LogP contribution in [0.2, 0.25) is 0 Å². The predicted molar refractivity (Wildman–Crippen MR) is 50.6 cm³/mol. The first kappa shape index (κ1) is 9.43. The fourth-order valence-corrected chi connectivity index (χ4v) is 1.78. The Morgan fingerprint density at radius 1 is 1.58 bits per heavy atom. The lowest BCUT2D eigenvalue weighted by molar-refractivity contribution is 0.574. The van der Waals surface area contributed by atoms with E-state index >= 15 is 0 Å². The molecule has 4 heteroatoms. The second kappa shape index (κ2) is 3.38. The lowest BCUT2D eigenvalue weighted by Crippen LogP contribution is -2.09. The molecule has 3 nitrogen and oxygen atoms in total. The van der Waals surface area contributed by atoms with Gasteiger partial charge in [0, 0.05) is 12.4 Å². The van der Waals surface area contributed by atoms with Crippen LogP contribution >= 0.6 is 7.14 Å². The van der Waals surface area contributed by atoms with E-state index < -0.39 is 7.14 Å². The zero-order chi connectivity index (χ0) is 9.19. The molecule has 12 heavy (non-hydrogen) atoms. The molecule has 0 spiro atoms. The molecule has 0 bridgehead atoms. The summed E-state index contributed by atoms with van der Waals surface area (Å²) in [4.78, 5) is 3.92. The summed E-state index contributed by atoms with van der Waals surface area (Å²) >= 11 is 0. The molecule has 0 aliphatic rings. The highest BCUT2D eigenvalue weighted by atomic mass is 31.2. The molecule has 2 N–H and O–H groups in total. The van der Waals surface area contributed by atoms with Gasteiger partial charge in [0.05, 0.1) is 5.78 Å². The van der Waals surface area contributed by atoms with Gasteiger partial charge in [0.2, 0.25) is 0 Å². The fraction of sp³-hybridized carbons (Fsp3) is 0.375. The number of nitrogens with zero attached hydrogens (tertiary/aromatic N) is 1. The third-order valence-corrected chi connectivity index (χ3v) is 3.33. The van der Waals surface area contributed by atoms with Gasteiger partial charge in [0.15, 0.2) is 0 Å². The quantitative estimate of drug-likeness (QED) is 0.711. The van der Waals surface area contributed by atoms with Crippen molar-refractivity contribution in [2.75, 3.05) is 13.3 Å². The van der Waals surface area contributed by atoms with Crippen LogP contribution in [0.3, 0.4) is 0 Å². The Bertz CT molecular complexity index is 293. The maximum atomic E-state index is 11.6. The van der Waals surface area contributed by atoms with Gasteiger partial charge in [-0.05, 0) is 25.0 Å². The van der Waals surface area contributed by atoms with Crippen LogP contribution in [0.1, 0.15) is 11.3 Å². The number of nitrogens with two attached hydrogens (primary N) is 1. The Labute approximate surface area is 72.4 Å². The largest absolute Gasteiger partial charge is 0.322 e. The summed E-state index contributed by atoms with van der Waals surface area (Å²) < 4.78 is 11.6. The van der Waals surface area contributed by atoms with Crippen LogP contribution in [0, 0.1) is 0 Å². The Balaban J connectivity index is 2.94. The van der Waals surface area contributed by atoms with Crippen LogP contribution in [0.25, 0.3) is 0 Å². The molecule has 0 unspecified atom stereocenters. The molecule has 0 saturated heterocycles. The van der Waals surface area contributed by atoms with Crippen LogP contribution in [-0.2, 0) is 4.57 Å². The molecule has 1 aromatic heterocycles. The third kappa shape index (κ3) is 2.16. The molecule has 1 aromatic rings. The Kier molecular flexibility index (Phi) is 2.65. The molecular weight excluding hydrogens is 171 g/mol. The Hall–Kier alpha value is -0.660. The fourth-order valence-electron chi connectivity index (χ4n) is 0.910. The number of hydrogen-bond acceptors (Lipinski definition) is 3. The van der Waals surface area contributed by atoms with Crippen LogP contribution in [-0.4, -0.2) is 18.3 Å². The Morgan fingerprint density at radius 2 is 2.25 bits per heavy atom. The summed E-state index contributed by atoms with van der Waals surface area (Å²) in [5.41, 5.74) is 6.61. The Morgan fingerprint density at radius 3 is 2.67 bits per heavy atom. The first-order valence-corrected chi connectivity index (χ1v) is 6.39. The van der Waals surface area contributed by atoms with E-state index in [1.54, 1.807) is 31.8 Å². The molecule has 1 heterocycles. The summed E-state index contributed by atoms with van der Waals surface area (Å²) in [6.07, 6.45) is 3.33. The van der Waals surface area contributed by atoms with Gasteiger partial charge < -0.3 is 10.3 Å². The average Bonchev–Trinajstić information content (AvgIpc) is 2.03. The van der Waals surface area contributed by atoms with E-state index in [0.29, 0.717) is 0 Å². The van der Waals surface area contributed by atoms with Crippen molar-refractivity contribution in [2.24, 2.45) is 5.73 Å². The topological polar surface area (TPSA) is 56.0 Å². The van der Waals surface area contributed by atoms with Gasteiger partial charge >= 0.3 is 0 Å². The normalized spacial score (nSPS) is 14.2. The summed E-state index contributed by atoms with van der Waals surface area (Å²) in [5, 5.41) is 0. The minimum absolute atomic E-state index is 0.383. The maximum Gasteiger partial charge on any atom is 0.102 e. The van der Waals surface area contributed by atoms with Gasteiger partial charge in [-0.15, -0.1) is 0 Å². The highest BCUT2D eigenvalue weighted by molar-refractivity contribution is 7.62. The van der Waals surface area contributed by atoms with Crippen molar-refractivity contribution in [1.29, 1.82) is 0 Å². The maximum absolute atomic E-state index is 11.6. The zero-order valence-corrected chi connectivity index (χ0v) is 8.16. The van der Waals surface area contributed by atoms with Crippen molar-refractivity contribution >= 4 is 7.14 Å². The second-order valence-electron chi connectivity index (χ2n) is 3.17. The molecule has 1 rings (SSSR count). The van der Waals surface area contributed by atoms with Gasteiger partial charge in [-0.3, -0.25) is 4.98 Å². The van der Waals surface area contributed by atoms with Crippen LogP contribution < -0.4 is 5.73 Å². The van der Waals surface area contributed by atoms with E-state index in [1.165, 1.54) is 0 Å². The third-order valence-electron chi connectivity index (χ3n) is 1.70. The number of aromatic nitrogens is 1. The van der Waals surface area contributed by atoms with Crippen LogP contribution in [0.4, 0.5) is 0 Å². The summed E-state index contributed by atoms with van der Waals surface area (Å²) in [5.74, 6) is -0.383. The van der Waals surface area contributed by atoms with Gasteiger partial charge in [0.25, 0.3) is 0 Å². The van der Waals surface area contributed by atoms with Crippen molar-refractivity contribution in [1.82, 2.24) is 4.98 Å². The smallest absolute Gasteiger partial charge is 0.102 e. The van der Waals surface area contributed by atoms with Crippen molar-refractivity contribution in [3.05, 3.63) is 30.1 Å². The first-order chi connectivity index (χ1) is 5.52. The average molecular weight is 184 g/mol. The molecule has 0 radical (unpaired) electrons.